The van der Waals surface area contributed by atoms with Crippen molar-refractivity contribution in [1.82, 2.24) is 10.4 Å². The molecule has 94 valence electrons. The summed E-state index contributed by atoms with van der Waals surface area (Å²) in [6, 6.07) is 14.7. The van der Waals surface area contributed by atoms with Crippen LogP contribution in [0.1, 0.15) is 11.3 Å². The maximum Gasteiger partial charge on any atom is 0.0419 e. The molecule has 0 saturated carbocycles. The normalized spacial score (nSPS) is 12.3. The van der Waals surface area contributed by atoms with Crippen LogP contribution in [0.2, 0.25) is 0 Å². The zero-order valence-corrected chi connectivity index (χ0v) is 12.2. The van der Waals surface area contributed by atoms with Crippen molar-refractivity contribution in [2.24, 2.45) is 5.84 Å². The topological polar surface area (TPSA) is 50.9 Å². The van der Waals surface area contributed by atoms with Gasteiger partial charge in [-0.25, -0.2) is 0 Å². The van der Waals surface area contributed by atoms with E-state index in [0.29, 0.717) is 0 Å². The molecule has 0 aliphatic heterocycles. The van der Waals surface area contributed by atoms with Gasteiger partial charge in [-0.05, 0) is 58.8 Å². The molecular weight excluding hydrogens is 337 g/mol. The quantitative estimate of drug-likeness (QED) is 0.493. The number of hydrazine groups is 1. The monoisotopic (exact) mass is 353 g/mol. The second kappa shape index (κ2) is 6.82. The van der Waals surface area contributed by atoms with Gasteiger partial charge in [-0.3, -0.25) is 16.3 Å². The Labute approximate surface area is 121 Å². The lowest BCUT2D eigenvalue weighted by atomic mass is 10.0. The lowest BCUT2D eigenvalue weighted by molar-refractivity contribution is 0.517. The number of hydrogen-bond acceptors (Lipinski definition) is 3. The van der Waals surface area contributed by atoms with Gasteiger partial charge in [0.15, 0.2) is 0 Å². The third-order valence-electron chi connectivity index (χ3n) is 2.81. The first-order chi connectivity index (χ1) is 8.78. The van der Waals surface area contributed by atoms with E-state index in [4.69, 9.17) is 5.84 Å². The van der Waals surface area contributed by atoms with Crippen molar-refractivity contribution >= 4 is 22.6 Å². The molecule has 1 unspecified atom stereocenters. The van der Waals surface area contributed by atoms with Crippen LogP contribution in [-0.4, -0.2) is 11.0 Å². The Morgan fingerprint density at radius 2 is 1.89 bits per heavy atom. The van der Waals surface area contributed by atoms with Gasteiger partial charge in [-0.2, -0.15) is 0 Å². The van der Waals surface area contributed by atoms with Crippen molar-refractivity contribution in [3.05, 3.63) is 63.5 Å². The van der Waals surface area contributed by atoms with E-state index in [9.17, 15) is 0 Å². The number of nitrogens with two attached hydrogens (primary N) is 1. The minimum Gasteiger partial charge on any atom is -0.271 e. The Morgan fingerprint density at radius 3 is 2.50 bits per heavy atom. The summed E-state index contributed by atoms with van der Waals surface area (Å²) in [6.07, 6.45) is 3.56. The highest BCUT2D eigenvalue weighted by Crippen LogP contribution is 2.10. The SMILES string of the molecule is NNC(Cc1ccc(I)cc1)Cc1ccccn1. The number of hydrogen-bond donors (Lipinski definition) is 2. The predicted molar refractivity (Wildman–Crippen MR) is 81.9 cm³/mol. The zero-order chi connectivity index (χ0) is 12.8. The maximum atomic E-state index is 5.62. The Morgan fingerprint density at radius 1 is 1.11 bits per heavy atom. The molecular formula is C14H16IN3. The van der Waals surface area contributed by atoms with Crippen molar-refractivity contribution in [3.63, 3.8) is 0 Å². The molecule has 0 saturated heterocycles. The largest absolute Gasteiger partial charge is 0.271 e. The summed E-state index contributed by atoms with van der Waals surface area (Å²) in [5.74, 6) is 5.62. The van der Waals surface area contributed by atoms with Gasteiger partial charge in [0.1, 0.15) is 0 Å². The Bertz CT molecular complexity index is 470. The van der Waals surface area contributed by atoms with E-state index in [-0.39, 0.29) is 6.04 Å². The number of nitrogens with zero attached hydrogens (tertiary/aromatic N) is 1. The zero-order valence-electron chi connectivity index (χ0n) is 10.0. The fraction of sp³-hybridized carbons (Fsp3) is 0.214. The van der Waals surface area contributed by atoms with Gasteiger partial charge >= 0.3 is 0 Å². The molecule has 3 nitrogen and oxygen atoms in total. The van der Waals surface area contributed by atoms with Crippen LogP contribution in [0.15, 0.2) is 48.7 Å². The van der Waals surface area contributed by atoms with E-state index < -0.39 is 0 Å². The molecule has 18 heavy (non-hydrogen) atoms. The molecule has 3 N–H and O–H groups in total. The van der Waals surface area contributed by atoms with Crippen LogP contribution in [0.3, 0.4) is 0 Å². The fourth-order valence-electron chi connectivity index (χ4n) is 1.87. The summed E-state index contributed by atoms with van der Waals surface area (Å²) in [5.41, 5.74) is 5.22. The lowest BCUT2D eigenvalue weighted by Crippen LogP contribution is -2.38. The first-order valence-electron chi connectivity index (χ1n) is 5.88. The van der Waals surface area contributed by atoms with Gasteiger partial charge in [0.25, 0.3) is 0 Å². The van der Waals surface area contributed by atoms with Crippen LogP contribution in [0, 0.1) is 3.57 Å². The fourth-order valence-corrected chi connectivity index (χ4v) is 2.23. The highest BCUT2D eigenvalue weighted by Gasteiger charge is 2.09. The van der Waals surface area contributed by atoms with Gasteiger partial charge in [0.2, 0.25) is 0 Å². The molecule has 0 fully saturated rings. The summed E-state index contributed by atoms with van der Waals surface area (Å²) in [5, 5.41) is 0. The second-order valence-electron chi connectivity index (χ2n) is 4.22. The molecule has 0 aliphatic rings. The predicted octanol–water partition coefficient (Wildman–Crippen LogP) is 2.30. The summed E-state index contributed by atoms with van der Waals surface area (Å²) in [6.45, 7) is 0. The Hall–Kier alpha value is -0.980. The molecule has 0 amide bonds. The molecule has 0 bridgehead atoms. The minimum atomic E-state index is 0.208. The van der Waals surface area contributed by atoms with Crippen molar-refractivity contribution in [2.75, 3.05) is 0 Å². The molecule has 2 rings (SSSR count). The standard InChI is InChI=1S/C14H16IN3/c15-12-6-4-11(5-7-12)9-14(18-16)10-13-3-1-2-8-17-13/h1-8,14,18H,9-10,16H2. The van der Waals surface area contributed by atoms with Crippen LogP contribution in [0.4, 0.5) is 0 Å². The van der Waals surface area contributed by atoms with Crippen LogP contribution >= 0.6 is 22.6 Å². The van der Waals surface area contributed by atoms with Gasteiger partial charge in [-0.15, -0.1) is 0 Å². The van der Waals surface area contributed by atoms with Crippen LogP contribution in [0.25, 0.3) is 0 Å². The number of rotatable bonds is 5. The van der Waals surface area contributed by atoms with Crippen molar-refractivity contribution in [1.29, 1.82) is 0 Å². The highest BCUT2D eigenvalue weighted by molar-refractivity contribution is 14.1. The number of benzene rings is 1. The average molecular weight is 353 g/mol. The van der Waals surface area contributed by atoms with Crippen molar-refractivity contribution < 1.29 is 0 Å². The van der Waals surface area contributed by atoms with Gasteiger partial charge in [-0.1, -0.05) is 18.2 Å². The lowest BCUT2D eigenvalue weighted by Gasteiger charge is -2.15. The van der Waals surface area contributed by atoms with Gasteiger partial charge in [0.05, 0.1) is 0 Å². The smallest absolute Gasteiger partial charge is 0.0419 e. The maximum absolute atomic E-state index is 5.62. The number of aromatic nitrogens is 1. The summed E-state index contributed by atoms with van der Waals surface area (Å²) >= 11 is 2.31. The number of pyridine rings is 1. The molecule has 0 spiro atoms. The summed E-state index contributed by atoms with van der Waals surface area (Å²) in [4.78, 5) is 4.33. The summed E-state index contributed by atoms with van der Waals surface area (Å²) < 4.78 is 1.25. The van der Waals surface area contributed by atoms with E-state index in [0.717, 1.165) is 18.5 Å². The van der Waals surface area contributed by atoms with Crippen molar-refractivity contribution in [3.8, 4) is 0 Å². The second-order valence-corrected chi connectivity index (χ2v) is 5.47. The number of nitrogens with one attached hydrogen (secondary N) is 1. The van der Waals surface area contributed by atoms with Gasteiger partial charge < -0.3 is 0 Å². The molecule has 0 aliphatic carbocycles. The van der Waals surface area contributed by atoms with E-state index in [1.54, 1.807) is 0 Å². The highest BCUT2D eigenvalue weighted by atomic mass is 127. The van der Waals surface area contributed by atoms with Crippen LogP contribution < -0.4 is 11.3 Å². The molecule has 1 aromatic carbocycles. The molecule has 1 heterocycles. The molecule has 0 radical (unpaired) electrons. The first kappa shape index (κ1) is 13.5. The third kappa shape index (κ3) is 4.04. The summed E-state index contributed by atoms with van der Waals surface area (Å²) in [7, 11) is 0. The van der Waals surface area contributed by atoms with Crippen LogP contribution in [-0.2, 0) is 12.8 Å². The minimum absolute atomic E-state index is 0.208. The van der Waals surface area contributed by atoms with E-state index in [2.05, 4.69) is 57.3 Å². The van der Waals surface area contributed by atoms with Crippen molar-refractivity contribution in [2.45, 2.75) is 18.9 Å². The van der Waals surface area contributed by atoms with Crippen LogP contribution in [0.5, 0.6) is 0 Å². The number of halogens is 1. The Kier molecular flexibility index (Phi) is 5.10. The Balaban J connectivity index is 1.99. The molecule has 2 aromatic rings. The van der Waals surface area contributed by atoms with E-state index >= 15 is 0 Å². The molecule has 1 aromatic heterocycles. The van der Waals surface area contributed by atoms with Gasteiger partial charge in [0, 0.05) is 27.9 Å². The average Bonchev–Trinajstić information content (AvgIpc) is 2.41. The third-order valence-corrected chi connectivity index (χ3v) is 3.53. The first-order valence-corrected chi connectivity index (χ1v) is 6.96. The molecule has 4 heteroatoms. The van der Waals surface area contributed by atoms with E-state index in [1.165, 1.54) is 9.13 Å². The van der Waals surface area contributed by atoms with E-state index in [1.807, 2.05) is 24.4 Å². The molecule has 1 atom stereocenters.